The first kappa shape index (κ1) is 10.8. The molecule has 1 saturated carbocycles. The molecule has 0 spiro atoms. The lowest BCUT2D eigenvalue weighted by Crippen LogP contribution is -2.02. The van der Waals surface area contributed by atoms with Crippen LogP contribution in [0.4, 0.5) is 0 Å². The Kier molecular flexibility index (Phi) is 2.67. The monoisotopic (exact) mass is 229 g/mol. The zero-order chi connectivity index (χ0) is 11.8. The van der Waals surface area contributed by atoms with Crippen LogP contribution in [0.1, 0.15) is 50.3 Å². The van der Waals surface area contributed by atoms with Crippen LogP contribution in [0.25, 0.3) is 10.9 Å². The van der Waals surface area contributed by atoms with E-state index in [-0.39, 0.29) is 0 Å². The Balaban J connectivity index is 2.12. The molecule has 1 fully saturated rings. The second kappa shape index (κ2) is 4.19. The van der Waals surface area contributed by atoms with Gasteiger partial charge in [0.25, 0.3) is 0 Å². The minimum absolute atomic E-state index is 0.391. The highest BCUT2D eigenvalue weighted by molar-refractivity contribution is 5.84. The zero-order valence-electron chi connectivity index (χ0n) is 10.3. The summed E-state index contributed by atoms with van der Waals surface area (Å²) in [6.45, 7) is 1.84. The fourth-order valence-electron chi connectivity index (χ4n) is 3.08. The van der Waals surface area contributed by atoms with Gasteiger partial charge >= 0.3 is 0 Å². The van der Waals surface area contributed by atoms with Crippen molar-refractivity contribution in [2.75, 3.05) is 0 Å². The lowest BCUT2D eigenvalue weighted by molar-refractivity contribution is 0.201. The third kappa shape index (κ3) is 1.77. The number of nitrogens with zero attached hydrogens (tertiary/aromatic N) is 1. The van der Waals surface area contributed by atoms with Gasteiger partial charge in [0.05, 0.1) is 6.10 Å². The summed E-state index contributed by atoms with van der Waals surface area (Å²) in [5, 5.41) is 11.0. The second-order valence-corrected chi connectivity index (χ2v) is 5.12. The van der Waals surface area contributed by atoms with Crippen molar-refractivity contribution >= 4 is 10.9 Å². The number of rotatable bonds is 2. The number of hydrogen-bond acceptors (Lipinski definition) is 1. The Morgan fingerprint density at radius 1 is 1.24 bits per heavy atom. The Hall–Kier alpha value is -1.28. The first-order valence-electron chi connectivity index (χ1n) is 6.55. The Bertz CT molecular complexity index is 521. The molecule has 1 aromatic heterocycles. The first-order chi connectivity index (χ1) is 8.27. The maximum atomic E-state index is 9.79. The molecule has 0 bridgehead atoms. The largest absolute Gasteiger partial charge is 0.389 e. The van der Waals surface area contributed by atoms with Crippen LogP contribution in [0.5, 0.6) is 0 Å². The summed E-state index contributed by atoms with van der Waals surface area (Å²) in [6.07, 6.45) is 7.08. The molecule has 0 amide bonds. The second-order valence-electron chi connectivity index (χ2n) is 5.12. The van der Waals surface area contributed by atoms with Crippen molar-refractivity contribution in [1.29, 1.82) is 0 Å². The molecule has 2 heteroatoms. The minimum atomic E-state index is -0.391. The van der Waals surface area contributed by atoms with E-state index in [1.54, 1.807) is 0 Å². The fourth-order valence-corrected chi connectivity index (χ4v) is 3.08. The highest BCUT2D eigenvalue weighted by atomic mass is 16.3. The summed E-state index contributed by atoms with van der Waals surface area (Å²) >= 11 is 0. The number of aliphatic hydroxyl groups excluding tert-OH is 1. The molecule has 3 rings (SSSR count). The fraction of sp³-hybridized carbons (Fsp3) is 0.467. The van der Waals surface area contributed by atoms with E-state index in [4.69, 9.17) is 0 Å². The van der Waals surface area contributed by atoms with E-state index in [0.29, 0.717) is 6.04 Å². The number of hydrogen-bond donors (Lipinski definition) is 1. The number of fused-ring (bicyclic) bond motifs is 1. The molecular formula is C15H19NO. The molecule has 0 saturated heterocycles. The van der Waals surface area contributed by atoms with Gasteiger partial charge in [-0.3, -0.25) is 0 Å². The number of aromatic nitrogens is 1. The molecule has 1 heterocycles. The number of aliphatic hydroxyl groups is 1. The number of benzene rings is 1. The summed E-state index contributed by atoms with van der Waals surface area (Å²) in [7, 11) is 0. The highest BCUT2D eigenvalue weighted by Crippen LogP contribution is 2.34. The van der Waals surface area contributed by atoms with E-state index in [1.807, 2.05) is 13.0 Å². The van der Waals surface area contributed by atoms with Crippen LogP contribution in [0.3, 0.4) is 0 Å². The molecule has 1 aliphatic rings. The maximum absolute atomic E-state index is 9.79. The Morgan fingerprint density at radius 2 is 2.00 bits per heavy atom. The molecule has 17 heavy (non-hydrogen) atoms. The topological polar surface area (TPSA) is 25.2 Å². The SMILES string of the molecule is CC(O)c1cccc2c1ccn2C1CCCC1. The van der Waals surface area contributed by atoms with E-state index < -0.39 is 6.10 Å². The predicted molar refractivity (Wildman–Crippen MR) is 70.1 cm³/mol. The van der Waals surface area contributed by atoms with Crippen LogP contribution in [0.2, 0.25) is 0 Å². The Labute approximate surface area is 102 Å². The lowest BCUT2D eigenvalue weighted by Gasteiger charge is -2.14. The predicted octanol–water partition coefficient (Wildman–Crippen LogP) is 3.81. The van der Waals surface area contributed by atoms with Crippen LogP contribution in [0, 0.1) is 0 Å². The van der Waals surface area contributed by atoms with Crippen molar-refractivity contribution in [2.24, 2.45) is 0 Å². The van der Waals surface area contributed by atoms with Crippen molar-refractivity contribution in [3.05, 3.63) is 36.0 Å². The van der Waals surface area contributed by atoms with Crippen LogP contribution >= 0.6 is 0 Å². The molecule has 2 aromatic rings. The molecule has 0 aliphatic heterocycles. The van der Waals surface area contributed by atoms with Gasteiger partial charge in [-0.15, -0.1) is 0 Å². The van der Waals surface area contributed by atoms with Crippen LogP contribution in [-0.4, -0.2) is 9.67 Å². The Morgan fingerprint density at radius 3 is 2.71 bits per heavy atom. The summed E-state index contributed by atoms with van der Waals surface area (Å²) in [4.78, 5) is 0. The van der Waals surface area contributed by atoms with Crippen LogP contribution < -0.4 is 0 Å². The van der Waals surface area contributed by atoms with E-state index in [9.17, 15) is 5.11 Å². The van der Waals surface area contributed by atoms with Gasteiger partial charge in [-0.1, -0.05) is 25.0 Å². The first-order valence-corrected chi connectivity index (χ1v) is 6.55. The standard InChI is InChI=1S/C15H19NO/c1-11(17)13-7-4-8-15-14(13)9-10-16(15)12-5-2-3-6-12/h4,7-12,17H,2-3,5-6H2,1H3. The van der Waals surface area contributed by atoms with Crippen molar-refractivity contribution in [2.45, 2.75) is 44.8 Å². The summed E-state index contributed by atoms with van der Waals surface area (Å²) in [5.41, 5.74) is 2.31. The lowest BCUT2D eigenvalue weighted by atomic mass is 10.1. The molecule has 1 aromatic carbocycles. The molecule has 90 valence electrons. The molecule has 1 atom stereocenters. The molecule has 1 aliphatic carbocycles. The van der Waals surface area contributed by atoms with Crippen LogP contribution in [-0.2, 0) is 0 Å². The van der Waals surface area contributed by atoms with E-state index >= 15 is 0 Å². The van der Waals surface area contributed by atoms with Crippen molar-refractivity contribution in [3.8, 4) is 0 Å². The summed E-state index contributed by atoms with van der Waals surface area (Å²) in [6, 6.07) is 9.05. The quantitative estimate of drug-likeness (QED) is 0.832. The minimum Gasteiger partial charge on any atom is -0.389 e. The van der Waals surface area contributed by atoms with E-state index in [2.05, 4.69) is 29.0 Å². The van der Waals surface area contributed by atoms with Crippen LogP contribution in [0.15, 0.2) is 30.5 Å². The highest BCUT2D eigenvalue weighted by Gasteiger charge is 2.19. The van der Waals surface area contributed by atoms with Gasteiger partial charge in [0.15, 0.2) is 0 Å². The third-order valence-corrected chi connectivity index (χ3v) is 3.96. The van der Waals surface area contributed by atoms with Gasteiger partial charge in [0.2, 0.25) is 0 Å². The van der Waals surface area contributed by atoms with Gasteiger partial charge in [0, 0.05) is 23.1 Å². The van der Waals surface area contributed by atoms with Gasteiger partial charge in [-0.05, 0) is 37.5 Å². The maximum Gasteiger partial charge on any atom is 0.0768 e. The normalized spacial score (nSPS) is 18.9. The smallest absolute Gasteiger partial charge is 0.0768 e. The average molecular weight is 229 g/mol. The van der Waals surface area contributed by atoms with E-state index in [1.165, 1.54) is 36.6 Å². The van der Waals surface area contributed by atoms with Gasteiger partial charge < -0.3 is 9.67 Å². The molecule has 1 unspecified atom stereocenters. The van der Waals surface area contributed by atoms with E-state index in [0.717, 1.165) is 5.56 Å². The molecule has 0 radical (unpaired) electrons. The molecule has 1 N–H and O–H groups in total. The average Bonchev–Trinajstić information content (AvgIpc) is 2.96. The van der Waals surface area contributed by atoms with Gasteiger partial charge in [-0.25, -0.2) is 0 Å². The molecule has 2 nitrogen and oxygen atoms in total. The third-order valence-electron chi connectivity index (χ3n) is 3.96. The summed E-state index contributed by atoms with van der Waals surface area (Å²) in [5.74, 6) is 0. The van der Waals surface area contributed by atoms with Crippen molar-refractivity contribution in [3.63, 3.8) is 0 Å². The van der Waals surface area contributed by atoms with Gasteiger partial charge in [-0.2, -0.15) is 0 Å². The molecular weight excluding hydrogens is 210 g/mol. The zero-order valence-corrected chi connectivity index (χ0v) is 10.3. The van der Waals surface area contributed by atoms with Crippen molar-refractivity contribution < 1.29 is 5.11 Å². The summed E-state index contributed by atoms with van der Waals surface area (Å²) < 4.78 is 2.40. The van der Waals surface area contributed by atoms with Crippen molar-refractivity contribution in [1.82, 2.24) is 4.57 Å². The van der Waals surface area contributed by atoms with Gasteiger partial charge in [0.1, 0.15) is 0 Å².